The number of benzene rings is 2. The molecular weight excluding hydrogens is 500 g/mol. The van der Waals surface area contributed by atoms with Crippen molar-refractivity contribution < 1.29 is 23.4 Å². The van der Waals surface area contributed by atoms with E-state index in [0.29, 0.717) is 16.8 Å². The molecule has 32 heavy (non-hydrogen) atoms. The summed E-state index contributed by atoms with van der Waals surface area (Å²) in [6, 6.07) is 12.9. The monoisotopic (exact) mass is 522 g/mol. The fraction of sp³-hybridized carbons (Fsp3) is 0.273. The number of aliphatic hydroxyl groups excluding tert-OH is 1. The number of hydrogen-bond donors (Lipinski definition) is 2. The van der Waals surface area contributed by atoms with E-state index < -0.39 is 27.1 Å². The minimum atomic E-state index is -3.38. The van der Waals surface area contributed by atoms with Crippen LogP contribution in [0, 0.1) is 0 Å². The van der Waals surface area contributed by atoms with E-state index in [9.17, 15) is 23.4 Å². The second-order valence-corrected chi connectivity index (χ2v) is 10.8. The standard InChI is InChI=1S/C22H23BrN2O6S/c1-22(2,28)19(26)13-31-20-18(14-7-9-17(10-8-14)32(3,29)30)12-24-25(21(20)27)16-6-4-5-15(23)11-16/h4-12,19,26,28H,13H2,1-3H3/t19-/m1/s1. The Balaban J connectivity index is 2.12. The summed E-state index contributed by atoms with van der Waals surface area (Å²) in [6.45, 7) is 2.52. The van der Waals surface area contributed by atoms with Crippen LogP contribution in [0.2, 0.25) is 0 Å². The molecule has 8 nitrogen and oxygen atoms in total. The second kappa shape index (κ2) is 9.14. The maximum absolute atomic E-state index is 13.3. The first-order chi connectivity index (χ1) is 14.9. The highest BCUT2D eigenvalue weighted by Gasteiger charge is 2.26. The molecule has 0 saturated carbocycles. The molecule has 0 aliphatic rings. The zero-order valence-electron chi connectivity index (χ0n) is 17.7. The molecule has 3 aromatic rings. The van der Waals surface area contributed by atoms with Gasteiger partial charge >= 0.3 is 5.56 Å². The van der Waals surface area contributed by atoms with E-state index >= 15 is 0 Å². The van der Waals surface area contributed by atoms with Gasteiger partial charge in [0, 0.05) is 16.3 Å². The number of aliphatic hydroxyl groups is 2. The van der Waals surface area contributed by atoms with Gasteiger partial charge in [0.05, 0.1) is 22.4 Å². The number of halogens is 1. The summed E-state index contributed by atoms with van der Waals surface area (Å²) < 4.78 is 31.1. The van der Waals surface area contributed by atoms with Crippen molar-refractivity contribution in [2.75, 3.05) is 12.9 Å². The van der Waals surface area contributed by atoms with Crippen LogP contribution in [-0.4, -0.2) is 53.0 Å². The SMILES string of the molecule is CC(C)(O)[C@H](O)COc1c(-c2ccc(S(C)(=O)=O)cc2)cnn(-c2cccc(Br)c2)c1=O. The van der Waals surface area contributed by atoms with Gasteiger partial charge < -0.3 is 14.9 Å². The fourth-order valence-electron chi connectivity index (χ4n) is 2.82. The Morgan fingerprint density at radius 1 is 1.19 bits per heavy atom. The lowest BCUT2D eigenvalue weighted by Crippen LogP contribution is -2.40. The lowest BCUT2D eigenvalue weighted by molar-refractivity contribution is -0.0663. The second-order valence-electron chi connectivity index (χ2n) is 7.86. The Hall–Kier alpha value is -2.53. The summed E-state index contributed by atoms with van der Waals surface area (Å²) in [4.78, 5) is 13.4. The highest BCUT2D eigenvalue weighted by Crippen LogP contribution is 2.28. The molecule has 10 heteroatoms. The third-order valence-electron chi connectivity index (χ3n) is 4.78. The Bertz CT molecular complexity index is 1280. The van der Waals surface area contributed by atoms with E-state index in [-0.39, 0.29) is 17.3 Å². The van der Waals surface area contributed by atoms with Crippen LogP contribution in [0.5, 0.6) is 5.75 Å². The van der Waals surface area contributed by atoms with Crippen molar-refractivity contribution in [3.8, 4) is 22.6 Å². The van der Waals surface area contributed by atoms with Gasteiger partial charge in [0.1, 0.15) is 12.7 Å². The first-order valence-electron chi connectivity index (χ1n) is 9.60. The van der Waals surface area contributed by atoms with Crippen molar-refractivity contribution >= 4 is 25.8 Å². The predicted molar refractivity (Wildman–Crippen MR) is 124 cm³/mol. The van der Waals surface area contributed by atoms with Crippen molar-refractivity contribution in [2.45, 2.75) is 30.4 Å². The number of sulfone groups is 1. The molecule has 2 N–H and O–H groups in total. The van der Waals surface area contributed by atoms with E-state index in [0.717, 1.165) is 15.4 Å². The molecule has 1 aromatic heterocycles. The quantitative estimate of drug-likeness (QED) is 0.489. The van der Waals surface area contributed by atoms with Crippen LogP contribution in [0.25, 0.3) is 16.8 Å². The summed E-state index contributed by atoms with van der Waals surface area (Å²) in [7, 11) is -3.38. The summed E-state index contributed by atoms with van der Waals surface area (Å²) in [5.74, 6) is -0.0876. The molecule has 0 bridgehead atoms. The van der Waals surface area contributed by atoms with Crippen LogP contribution in [0.1, 0.15) is 13.8 Å². The summed E-state index contributed by atoms with van der Waals surface area (Å²) in [6.07, 6.45) is 1.29. The third kappa shape index (κ3) is 5.44. The van der Waals surface area contributed by atoms with Gasteiger partial charge in [-0.2, -0.15) is 9.78 Å². The van der Waals surface area contributed by atoms with Crippen LogP contribution in [0.3, 0.4) is 0 Å². The minimum absolute atomic E-state index is 0.0876. The molecule has 3 rings (SSSR count). The Morgan fingerprint density at radius 3 is 2.41 bits per heavy atom. The smallest absolute Gasteiger partial charge is 0.314 e. The van der Waals surface area contributed by atoms with Gasteiger partial charge in [0.2, 0.25) is 0 Å². The van der Waals surface area contributed by atoms with Crippen LogP contribution < -0.4 is 10.3 Å². The largest absolute Gasteiger partial charge is 0.484 e. The lowest BCUT2D eigenvalue weighted by Gasteiger charge is -2.24. The number of ether oxygens (including phenoxy) is 1. The average molecular weight is 523 g/mol. The maximum Gasteiger partial charge on any atom is 0.314 e. The van der Waals surface area contributed by atoms with Gasteiger partial charge in [0.25, 0.3) is 0 Å². The predicted octanol–water partition coefficient (Wildman–Crippen LogP) is 2.58. The highest BCUT2D eigenvalue weighted by atomic mass is 79.9. The van der Waals surface area contributed by atoms with Gasteiger partial charge in [-0.1, -0.05) is 34.1 Å². The van der Waals surface area contributed by atoms with Gasteiger partial charge in [-0.3, -0.25) is 4.79 Å². The molecule has 0 fully saturated rings. The van der Waals surface area contributed by atoms with Gasteiger partial charge in [-0.05, 0) is 49.7 Å². The van der Waals surface area contributed by atoms with E-state index in [1.807, 2.05) is 6.07 Å². The van der Waals surface area contributed by atoms with Gasteiger partial charge in [-0.25, -0.2) is 8.42 Å². The Kier molecular flexibility index (Phi) is 6.89. The van der Waals surface area contributed by atoms with Crippen LogP contribution in [-0.2, 0) is 9.84 Å². The molecule has 0 unspecified atom stereocenters. The molecule has 0 saturated heterocycles. The molecule has 2 aromatic carbocycles. The molecule has 170 valence electrons. The van der Waals surface area contributed by atoms with Crippen molar-refractivity contribution in [3.05, 3.63) is 69.6 Å². The molecule has 1 atom stereocenters. The molecule has 0 amide bonds. The van der Waals surface area contributed by atoms with Crippen molar-refractivity contribution in [2.24, 2.45) is 0 Å². The molecule has 0 spiro atoms. The normalized spacial score (nSPS) is 13.1. The Morgan fingerprint density at radius 2 is 1.84 bits per heavy atom. The number of aromatic nitrogens is 2. The summed E-state index contributed by atoms with van der Waals surface area (Å²) in [5.41, 5.74) is -0.680. The van der Waals surface area contributed by atoms with E-state index in [1.54, 1.807) is 30.3 Å². The molecule has 0 radical (unpaired) electrons. The van der Waals surface area contributed by atoms with Crippen LogP contribution >= 0.6 is 15.9 Å². The molecule has 0 aliphatic carbocycles. The molecule has 1 heterocycles. The first-order valence-corrected chi connectivity index (χ1v) is 12.3. The summed E-state index contributed by atoms with van der Waals surface area (Å²) >= 11 is 3.36. The molecular formula is C22H23BrN2O6S. The number of nitrogens with zero attached hydrogens (tertiary/aromatic N) is 2. The minimum Gasteiger partial charge on any atom is -0.484 e. The zero-order valence-corrected chi connectivity index (χ0v) is 20.1. The maximum atomic E-state index is 13.3. The van der Waals surface area contributed by atoms with Crippen molar-refractivity contribution in [1.82, 2.24) is 9.78 Å². The van der Waals surface area contributed by atoms with Crippen LogP contribution in [0.15, 0.2) is 68.9 Å². The van der Waals surface area contributed by atoms with Crippen LogP contribution in [0.4, 0.5) is 0 Å². The number of rotatable bonds is 7. The van der Waals surface area contributed by atoms with Crippen molar-refractivity contribution in [1.29, 1.82) is 0 Å². The first kappa shape index (κ1) is 24.1. The lowest BCUT2D eigenvalue weighted by atomic mass is 10.0. The van der Waals surface area contributed by atoms with Gasteiger partial charge in [0.15, 0.2) is 15.6 Å². The van der Waals surface area contributed by atoms with E-state index in [2.05, 4.69) is 21.0 Å². The van der Waals surface area contributed by atoms with E-state index in [4.69, 9.17) is 4.74 Å². The number of hydrogen-bond acceptors (Lipinski definition) is 7. The van der Waals surface area contributed by atoms with Gasteiger partial charge in [-0.15, -0.1) is 0 Å². The third-order valence-corrected chi connectivity index (χ3v) is 6.40. The molecule has 0 aliphatic heterocycles. The zero-order chi connectivity index (χ0) is 23.7. The topological polar surface area (TPSA) is 119 Å². The Labute approximate surface area is 194 Å². The van der Waals surface area contributed by atoms with Crippen molar-refractivity contribution in [3.63, 3.8) is 0 Å². The summed E-state index contributed by atoms with van der Waals surface area (Å²) in [5, 5.41) is 24.4. The highest BCUT2D eigenvalue weighted by molar-refractivity contribution is 9.10. The van der Waals surface area contributed by atoms with E-state index in [1.165, 1.54) is 32.2 Å². The fourth-order valence-corrected chi connectivity index (χ4v) is 3.84. The average Bonchev–Trinajstić information content (AvgIpc) is 2.71.